The van der Waals surface area contributed by atoms with E-state index in [1.165, 1.54) is 28.5 Å². The van der Waals surface area contributed by atoms with Crippen molar-refractivity contribution in [3.05, 3.63) is 10.6 Å². The van der Waals surface area contributed by atoms with E-state index in [-0.39, 0.29) is 0 Å². The molecule has 0 amide bonds. The van der Waals surface area contributed by atoms with E-state index in [1.807, 2.05) is 23.1 Å². The van der Waals surface area contributed by atoms with Crippen LogP contribution in [0.25, 0.3) is 0 Å². The summed E-state index contributed by atoms with van der Waals surface area (Å²) in [5.74, 6) is 1.90. The molecular weight excluding hydrogens is 274 g/mol. The Morgan fingerprint density at radius 3 is 2.79 bits per heavy atom. The van der Waals surface area contributed by atoms with Crippen LogP contribution in [0.4, 0.5) is 5.13 Å². The second kappa shape index (κ2) is 6.95. The fourth-order valence-electron chi connectivity index (χ4n) is 1.94. The molecule has 1 saturated carbocycles. The highest BCUT2D eigenvalue weighted by atomic mass is 32.2. The molecule has 2 rings (SSSR count). The van der Waals surface area contributed by atoms with E-state index in [1.54, 1.807) is 0 Å². The summed E-state index contributed by atoms with van der Waals surface area (Å²) < 4.78 is 0. The Morgan fingerprint density at radius 2 is 2.21 bits per heavy atom. The molecular formula is C14H25N3S2. The first kappa shape index (κ1) is 15.1. The van der Waals surface area contributed by atoms with E-state index in [4.69, 9.17) is 4.98 Å². The monoisotopic (exact) mass is 299 g/mol. The second-order valence-corrected chi connectivity index (χ2v) is 7.58. The van der Waals surface area contributed by atoms with Crippen molar-refractivity contribution in [3.63, 3.8) is 0 Å². The van der Waals surface area contributed by atoms with Crippen LogP contribution in [0.2, 0.25) is 0 Å². The van der Waals surface area contributed by atoms with Crippen LogP contribution in [-0.4, -0.2) is 36.6 Å². The maximum absolute atomic E-state index is 4.90. The molecule has 19 heavy (non-hydrogen) atoms. The van der Waals surface area contributed by atoms with Crippen LogP contribution in [0.3, 0.4) is 0 Å². The number of nitrogens with zero attached hydrogens (tertiary/aromatic N) is 2. The van der Waals surface area contributed by atoms with Crippen LogP contribution in [0, 0.1) is 0 Å². The molecule has 1 aliphatic rings. The van der Waals surface area contributed by atoms with E-state index in [0.29, 0.717) is 6.04 Å². The number of aromatic nitrogens is 1. The van der Waals surface area contributed by atoms with Crippen LogP contribution in [0.1, 0.15) is 43.2 Å². The maximum atomic E-state index is 4.90. The Morgan fingerprint density at radius 1 is 1.47 bits per heavy atom. The highest BCUT2D eigenvalue weighted by molar-refractivity contribution is 7.98. The fourth-order valence-corrected chi connectivity index (χ4v) is 3.48. The molecule has 1 fully saturated rings. The van der Waals surface area contributed by atoms with E-state index in [2.05, 4.69) is 37.4 Å². The number of hydrogen-bond donors (Lipinski definition) is 1. The Hall–Kier alpha value is -0.260. The summed E-state index contributed by atoms with van der Waals surface area (Å²) in [5, 5.41) is 4.72. The van der Waals surface area contributed by atoms with Gasteiger partial charge in [-0.15, -0.1) is 11.3 Å². The third kappa shape index (κ3) is 4.36. The second-order valence-electron chi connectivity index (χ2n) is 5.53. The zero-order valence-electron chi connectivity index (χ0n) is 12.4. The first-order chi connectivity index (χ1) is 9.11. The SMILES string of the molecule is CSCCN(C)c1nc(C2CC2)c(CNC(C)C)s1. The molecule has 1 heterocycles. The van der Waals surface area contributed by atoms with Crippen molar-refractivity contribution >= 4 is 28.2 Å². The van der Waals surface area contributed by atoms with Crippen molar-refractivity contribution in [3.8, 4) is 0 Å². The summed E-state index contributed by atoms with van der Waals surface area (Å²) >= 11 is 3.76. The van der Waals surface area contributed by atoms with Crippen LogP contribution >= 0.6 is 23.1 Å². The van der Waals surface area contributed by atoms with Crippen molar-refractivity contribution in [2.24, 2.45) is 0 Å². The number of anilines is 1. The highest BCUT2D eigenvalue weighted by Gasteiger charge is 2.30. The fraction of sp³-hybridized carbons (Fsp3) is 0.786. The van der Waals surface area contributed by atoms with Crippen LogP contribution in [-0.2, 0) is 6.54 Å². The zero-order chi connectivity index (χ0) is 13.8. The molecule has 1 N–H and O–H groups in total. The smallest absolute Gasteiger partial charge is 0.185 e. The molecule has 0 bridgehead atoms. The largest absolute Gasteiger partial charge is 0.350 e. The Labute approximate surface area is 125 Å². The van der Waals surface area contributed by atoms with Gasteiger partial charge in [-0.2, -0.15) is 11.8 Å². The van der Waals surface area contributed by atoms with E-state index >= 15 is 0 Å². The van der Waals surface area contributed by atoms with Gasteiger partial charge in [-0.05, 0) is 19.1 Å². The molecule has 5 heteroatoms. The van der Waals surface area contributed by atoms with Gasteiger partial charge in [0.15, 0.2) is 5.13 Å². The molecule has 0 saturated heterocycles. The standard InChI is InChI=1S/C14H25N3S2/c1-10(2)15-9-12-13(11-5-6-11)16-14(19-12)17(3)7-8-18-4/h10-11,15H,5-9H2,1-4H3. The molecule has 0 aliphatic heterocycles. The summed E-state index contributed by atoms with van der Waals surface area (Å²) in [4.78, 5) is 8.64. The van der Waals surface area contributed by atoms with Crippen molar-refractivity contribution < 1.29 is 0 Å². The summed E-state index contributed by atoms with van der Waals surface area (Å²) in [5.41, 5.74) is 1.36. The molecule has 0 aromatic carbocycles. The minimum Gasteiger partial charge on any atom is -0.350 e. The molecule has 0 unspecified atom stereocenters. The molecule has 0 atom stereocenters. The number of thioether (sulfide) groups is 1. The normalized spacial score (nSPS) is 15.2. The topological polar surface area (TPSA) is 28.2 Å². The van der Waals surface area contributed by atoms with Gasteiger partial charge >= 0.3 is 0 Å². The predicted octanol–water partition coefficient (Wildman–Crippen LogP) is 3.32. The lowest BCUT2D eigenvalue weighted by atomic mass is 10.2. The van der Waals surface area contributed by atoms with E-state index < -0.39 is 0 Å². The van der Waals surface area contributed by atoms with Gasteiger partial charge in [-0.25, -0.2) is 4.98 Å². The number of rotatable bonds is 8. The number of thiazole rings is 1. The highest BCUT2D eigenvalue weighted by Crippen LogP contribution is 2.44. The number of nitrogens with one attached hydrogen (secondary N) is 1. The first-order valence-corrected chi connectivity index (χ1v) is 9.26. The third-order valence-corrected chi connectivity index (χ3v) is 5.08. The Balaban J connectivity index is 2.05. The lowest BCUT2D eigenvalue weighted by Gasteiger charge is -2.14. The molecule has 1 aromatic rings. The van der Waals surface area contributed by atoms with Crippen molar-refractivity contribution in [1.29, 1.82) is 0 Å². The van der Waals surface area contributed by atoms with Gasteiger partial charge in [0, 0.05) is 42.7 Å². The average Bonchev–Trinajstić information content (AvgIpc) is 3.13. The van der Waals surface area contributed by atoms with Crippen LogP contribution in [0.5, 0.6) is 0 Å². The lowest BCUT2D eigenvalue weighted by molar-refractivity contribution is 0.590. The van der Waals surface area contributed by atoms with Gasteiger partial charge < -0.3 is 10.2 Å². The van der Waals surface area contributed by atoms with Crippen molar-refractivity contribution in [2.45, 2.75) is 45.2 Å². The Kier molecular flexibility index (Phi) is 5.54. The summed E-state index contributed by atoms with van der Waals surface area (Å²) in [6, 6.07) is 0.534. The molecule has 0 radical (unpaired) electrons. The molecule has 3 nitrogen and oxygen atoms in total. The minimum absolute atomic E-state index is 0.534. The van der Waals surface area contributed by atoms with E-state index in [0.717, 1.165) is 24.8 Å². The molecule has 0 spiro atoms. The third-order valence-electron chi connectivity index (χ3n) is 3.31. The van der Waals surface area contributed by atoms with Gasteiger partial charge in [0.05, 0.1) is 5.69 Å². The molecule has 108 valence electrons. The van der Waals surface area contributed by atoms with Crippen molar-refractivity contribution in [2.75, 3.05) is 30.5 Å². The van der Waals surface area contributed by atoms with Gasteiger partial charge in [0.2, 0.25) is 0 Å². The van der Waals surface area contributed by atoms with E-state index in [9.17, 15) is 0 Å². The summed E-state index contributed by atoms with van der Waals surface area (Å²) in [6.07, 6.45) is 4.81. The molecule has 1 aromatic heterocycles. The Bertz CT molecular complexity index is 399. The number of hydrogen-bond acceptors (Lipinski definition) is 5. The van der Waals surface area contributed by atoms with Gasteiger partial charge in [-0.1, -0.05) is 13.8 Å². The maximum Gasteiger partial charge on any atom is 0.185 e. The molecule has 1 aliphatic carbocycles. The summed E-state index contributed by atoms with van der Waals surface area (Å²) in [7, 11) is 2.16. The quantitative estimate of drug-likeness (QED) is 0.797. The zero-order valence-corrected chi connectivity index (χ0v) is 14.0. The average molecular weight is 300 g/mol. The minimum atomic E-state index is 0.534. The van der Waals surface area contributed by atoms with Gasteiger partial charge in [0.1, 0.15) is 0 Å². The van der Waals surface area contributed by atoms with Crippen LogP contribution in [0.15, 0.2) is 0 Å². The summed E-state index contributed by atoms with van der Waals surface area (Å²) in [6.45, 7) is 6.44. The lowest BCUT2D eigenvalue weighted by Crippen LogP contribution is -2.21. The van der Waals surface area contributed by atoms with Crippen molar-refractivity contribution in [1.82, 2.24) is 10.3 Å². The van der Waals surface area contributed by atoms with Gasteiger partial charge in [0.25, 0.3) is 0 Å². The first-order valence-electron chi connectivity index (χ1n) is 7.05. The van der Waals surface area contributed by atoms with Crippen LogP contribution < -0.4 is 10.2 Å². The van der Waals surface area contributed by atoms with Gasteiger partial charge in [-0.3, -0.25) is 0 Å². The predicted molar refractivity (Wildman–Crippen MR) is 87.7 cm³/mol.